The topological polar surface area (TPSA) is 75.3 Å². The molecule has 0 saturated heterocycles. The van der Waals surface area contributed by atoms with E-state index >= 15 is 0 Å². The van der Waals surface area contributed by atoms with Gasteiger partial charge in [-0.3, -0.25) is 9.89 Å². The van der Waals surface area contributed by atoms with Gasteiger partial charge in [-0.05, 0) is 28.5 Å². The lowest BCUT2D eigenvalue weighted by Crippen LogP contribution is -2.30. The third-order valence-electron chi connectivity index (χ3n) is 3.42. The van der Waals surface area contributed by atoms with Gasteiger partial charge in [0.15, 0.2) is 12.3 Å². The van der Waals surface area contributed by atoms with Gasteiger partial charge in [0, 0.05) is 19.0 Å². The third-order valence-corrected chi connectivity index (χ3v) is 4.15. The Kier molecular flexibility index (Phi) is 4.38. The van der Waals surface area contributed by atoms with Crippen molar-refractivity contribution < 1.29 is 14.3 Å². The number of hydrogen-bond donors (Lipinski definition) is 1. The standard InChI is InChI=1S/C16H15N3O3S/c1-19(8-11-6-7-23-10-11)14(20)9-22-16(21)15-12-4-2-3-5-13(12)17-18-15/h2-7,10H,8-9H2,1H3,(H,17,18). The molecule has 6 nitrogen and oxygen atoms in total. The van der Waals surface area contributed by atoms with E-state index in [1.807, 2.05) is 35.0 Å². The van der Waals surface area contributed by atoms with Gasteiger partial charge in [0.25, 0.3) is 5.91 Å². The first kappa shape index (κ1) is 15.2. The van der Waals surface area contributed by atoms with Gasteiger partial charge in [-0.2, -0.15) is 16.4 Å². The van der Waals surface area contributed by atoms with Crippen molar-refractivity contribution in [1.82, 2.24) is 15.1 Å². The number of H-pyrrole nitrogens is 1. The van der Waals surface area contributed by atoms with Gasteiger partial charge in [0.1, 0.15) is 0 Å². The lowest BCUT2D eigenvalue weighted by molar-refractivity contribution is -0.133. The number of ether oxygens (including phenoxy) is 1. The Balaban J connectivity index is 1.59. The number of carbonyl (C=O) groups excluding carboxylic acids is 2. The zero-order valence-electron chi connectivity index (χ0n) is 12.5. The van der Waals surface area contributed by atoms with Crippen LogP contribution in [0.3, 0.4) is 0 Å². The molecule has 0 fully saturated rings. The van der Waals surface area contributed by atoms with E-state index in [4.69, 9.17) is 4.74 Å². The predicted octanol–water partition coefficient (Wildman–Crippen LogP) is 2.44. The first-order valence-corrected chi connectivity index (χ1v) is 7.94. The van der Waals surface area contributed by atoms with Crippen LogP contribution in [0.15, 0.2) is 41.1 Å². The molecule has 0 aliphatic heterocycles. The van der Waals surface area contributed by atoms with Crippen molar-refractivity contribution in [2.24, 2.45) is 0 Å². The minimum Gasteiger partial charge on any atom is -0.451 e. The predicted molar refractivity (Wildman–Crippen MR) is 87.2 cm³/mol. The molecule has 0 unspecified atom stereocenters. The molecule has 0 bridgehead atoms. The van der Waals surface area contributed by atoms with Crippen molar-refractivity contribution in [2.75, 3.05) is 13.7 Å². The Hall–Kier alpha value is -2.67. The second-order valence-electron chi connectivity index (χ2n) is 5.08. The lowest BCUT2D eigenvalue weighted by atomic mass is 10.2. The highest BCUT2D eigenvalue weighted by molar-refractivity contribution is 7.07. The highest BCUT2D eigenvalue weighted by Crippen LogP contribution is 2.16. The summed E-state index contributed by atoms with van der Waals surface area (Å²) in [5.41, 5.74) is 1.99. The number of nitrogens with zero attached hydrogens (tertiary/aromatic N) is 2. The fraction of sp³-hybridized carbons (Fsp3) is 0.188. The second kappa shape index (κ2) is 6.62. The van der Waals surface area contributed by atoms with Crippen molar-refractivity contribution in [3.63, 3.8) is 0 Å². The molecule has 7 heteroatoms. The van der Waals surface area contributed by atoms with Crippen LogP contribution in [0.25, 0.3) is 10.9 Å². The minimum absolute atomic E-state index is 0.189. The highest BCUT2D eigenvalue weighted by Gasteiger charge is 2.18. The molecule has 2 heterocycles. The van der Waals surface area contributed by atoms with Crippen LogP contribution < -0.4 is 0 Å². The summed E-state index contributed by atoms with van der Waals surface area (Å²) in [7, 11) is 1.68. The average Bonchev–Trinajstić information content (AvgIpc) is 3.21. The zero-order chi connectivity index (χ0) is 16.2. The quantitative estimate of drug-likeness (QED) is 0.730. The summed E-state index contributed by atoms with van der Waals surface area (Å²) in [6.45, 7) is 0.186. The van der Waals surface area contributed by atoms with E-state index in [0.717, 1.165) is 11.1 Å². The van der Waals surface area contributed by atoms with Gasteiger partial charge in [-0.15, -0.1) is 0 Å². The van der Waals surface area contributed by atoms with Crippen LogP contribution in [0.1, 0.15) is 16.1 Å². The summed E-state index contributed by atoms with van der Waals surface area (Å²) >= 11 is 1.58. The van der Waals surface area contributed by atoms with Gasteiger partial charge in [0.2, 0.25) is 0 Å². The molecule has 0 radical (unpaired) electrons. The second-order valence-corrected chi connectivity index (χ2v) is 5.86. The summed E-state index contributed by atoms with van der Waals surface area (Å²) in [6.07, 6.45) is 0. The Morgan fingerprint density at radius 3 is 2.91 bits per heavy atom. The number of thiophene rings is 1. The molecule has 0 aliphatic carbocycles. The summed E-state index contributed by atoms with van der Waals surface area (Å²) in [5, 5.41) is 11.3. The normalized spacial score (nSPS) is 10.7. The van der Waals surface area contributed by atoms with Crippen molar-refractivity contribution in [2.45, 2.75) is 6.54 Å². The maximum atomic E-state index is 12.1. The molecule has 1 N–H and O–H groups in total. The SMILES string of the molecule is CN(Cc1ccsc1)C(=O)COC(=O)c1n[nH]c2ccccc12. The van der Waals surface area contributed by atoms with E-state index in [2.05, 4.69) is 10.2 Å². The van der Waals surface area contributed by atoms with Crippen LogP contribution in [0.2, 0.25) is 0 Å². The van der Waals surface area contributed by atoms with Crippen molar-refractivity contribution in [3.05, 3.63) is 52.3 Å². The molecular weight excluding hydrogens is 314 g/mol. The number of carbonyl (C=O) groups is 2. The van der Waals surface area contributed by atoms with Crippen LogP contribution >= 0.6 is 11.3 Å². The van der Waals surface area contributed by atoms with Crippen LogP contribution in [0.4, 0.5) is 0 Å². The number of esters is 1. The number of aromatic amines is 1. The monoisotopic (exact) mass is 329 g/mol. The number of rotatable bonds is 5. The largest absolute Gasteiger partial charge is 0.451 e. The van der Waals surface area contributed by atoms with Crippen LogP contribution in [-0.2, 0) is 16.1 Å². The van der Waals surface area contributed by atoms with Gasteiger partial charge in [-0.25, -0.2) is 4.79 Å². The molecule has 3 rings (SSSR count). The average molecular weight is 329 g/mol. The highest BCUT2D eigenvalue weighted by atomic mass is 32.1. The van der Waals surface area contributed by atoms with Crippen molar-refractivity contribution in [1.29, 1.82) is 0 Å². The fourth-order valence-electron chi connectivity index (χ4n) is 2.17. The molecule has 2 aromatic heterocycles. The van der Waals surface area contributed by atoms with Crippen LogP contribution in [0, 0.1) is 0 Å². The fourth-order valence-corrected chi connectivity index (χ4v) is 2.83. The molecule has 0 atom stereocenters. The van der Waals surface area contributed by atoms with E-state index in [1.54, 1.807) is 24.5 Å². The summed E-state index contributed by atoms with van der Waals surface area (Å²) < 4.78 is 5.09. The Bertz CT molecular complexity index is 826. The minimum atomic E-state index is -0.611. The maximum absolute atomic E-state index is 12.1. The van der Waals surface area contributed by atoms with E-state index < -0.39 is 5.97 Å². The number of hydrogen-bond acceptors (Lipinski definition) is 5. The number of aromatic nitrogens is 2. The Morgan fingerprint density at radius 2 is 2.13 bits per heavy atom. The number of likely N-dealkylation sites (N-methyl/N-ethyl adjacent to an activating group) is 1. The van der Waals surface area contributed by atoms with Crippen molar-refractivity contribution in [3.8, 4) is 0 Å². The Labute approximate surface area is 136 Å². The third kappa shape index (κ3) is 3.40. The lowest BCUT2D eigenvalue weighted by Gasteiger charge is -2.16. The van der Waals surface area contributed by atoms with Crippen LogP contribution in [0.5, 0.6) is 0 Å². The van der Waals surface area contributed by atoms with Gasteiger partial charge >= 0.3 is 5.97 Å². The van der Waals surface area contributed by atoms with Gasteiger partial charge in [0.05, 0.1) is 5.52 Å². The molecule has 1 amide bonds. The van der Waals surface area contributed by atoms with E-state index in [0.29, 0.717) is 11.9 Å². The molecule has 0 spiro atoms. The smallest absolute Gasteiger partial charge is 0.359 e. The summed E-state index contributed by atoms with van der Waals surface area (Å²) in [6, 6.07) is 9.21. The van der Waals surface area contributed by atoms with E-state index in [1.165, 1.54) is 4.90 Å². The summed E-state index contributed by atoms with van der Waals surface area (Å²) in [5.74, 6) is -0.871. The maximum Gasteiger partial charge on any atom is 0.359 e. The molecule has 23 heavy (non-hydrogen) atoms. The van der Waals surface area contributed by atoms with Gasteiger partial charge in [-0.1, -0.05) is 18.2 Å². The molecular formula is C16H15N3O3S. The van der Waals surface area contributed by atoms with Gasteiger partial charge < -0.3 is 9.64 Å². The zero-order valence-corrected chi connectivity index (χ0v) is 13.3. The Morgan fingerprint density at radius 1 is 1.30 bits per heavy atom. The molecule has 118 valence electrons. The number of fused-ring (bicyclic) bond motifs is 1. The number of amides is 1. The van der Waals surface area contributed by atoms with Crippen LogP contribution in [-0.4, -0.2) is 40.6 Å². The first-order valence-electron chi connectivity index (χ1n) is 7.00. The number of para-hydroxylation sites is 1. The number of nitrogens with one attached hydrogen (secondary N) is 1. The summed E-state index contributed by atoms with van der Waals surface area (Å²) in [4.78, 5) is 25.6. The number of benzene rings is 1. The first-order chi connectivity index (χ1) is 11.1. The molecule has 0 saturated carbocycles. The molecule has 1 aromatic carbocycles. The van der Waals surface area contributed by atoms with E-state index in [-0.39, 0.29) is 18.2 Å². The van der Waals surface area contributed by atoms with Crippen molar-refractivity contribution >= 4 is 34.1 Å². The molecule has 0 aliphatic rings. The molecule has 3 aromatic rings. The van der Waals surface area contributed by atoms with E-state index in [9.17, 15) is 9.59 Å².